The maximum Gasteiger partial charge on any atom is 0.262 e. The molecule has 31 heavy (non-hydrogen) atoms. The molecule has 0 radical (unpaired) electrons. The number of nitrogens with zero attached hydrogens (tertiary/aromatic N) is 1. The highest BCUT2D eigenvalue weighted by Crippen LogP contribution is 2.34. The fourth-order valence-corrected chi connectivity index (χ4v) is 4.10. The molecule has 0 unspecified atom stereocenters. The average Bonchev–Trinajstić information content (AvgIpc) is 3.46. The van der Waals surface area contributed by atoms with Crippen LogP contribution in [0.5, 0.6) is 11.5 Å². The highest BCUT2D eigenvalue weighted by Gasteiger charge is 2.18. The van der Waals surface area contributed by atoms with Crippen molar-refractivity contribution in [3.8, 4) is 11.5 Å². The van der Waals surface area contributed by atoms with E-state index in [0.717, 1.165) is 25.0 Å². The minimum atomic E-state index is -0.213. The highest BCUT2D eigenvalue weighted by atomic mass is 32.1. The van der Waals surface area contributed by atoms with E-state index in [1.165, 1.54) is 4.57 Å². The Hall–Kier alpha value is -3.17. The molecular formula is C22H21N3O5S. The van der Waals surface area contributed by atoms with Gasteiger partial charge in [-0.15, -0.1) is 0 Å². The summed E-state index contributed by atoms with van der Waals surface area (Å²) in [5.41, 5.74) is 1.81. The zero-order valence-electron chi connectivity index (χ0n) is 16.7. The molecule has 0 saturated carbocycles. The van der Waals surface area contributed by atoms with Crippen molar-refractivity contribution in [2.75, 3.05) is 19.9 Å². The van der Waals surface area contributed by atoms with Crippen LogP contribution in [0.25, 0.3) is 10.9 Å². The minimum Gasteiger partial charge on any atom is -0.454 e. The molecule has 0 spiro atoms. The number of aromatic amines is 1. The van der Waals surface area contributed by atoms with Gasteiger partial charge in [0, 0.05) is 24.8 Å². The van der Waals surface area contributed by atoms with E-state index < -0.39 is 0 Å². The Morgan fingerprint density at radius 2 is 1.97 bits per heavy atom. The van der Waals surface area contributed by atoms with Crippen molar-refractivity contribution in [2.45, 2.75) is 25.5 Å². The quantitative estimate of drug-likeness (QED) is 0.594. The van der Waals surface area contributed by atoms with Gasteiger partial charge in [-0.25, -0.2) is 0 Å². The molecule has 8 nitrogen and oxygen atoms in total. The van der Waals surface area contributed by atoms with Crippen molar-refractivity contribution in [2.24, 2.45) is 0 Å². The van der Waals surface area contributed by atoms with Gasteiger partial charge in [0.25, 0.3) is 11.5 Å². The van der Waals surface area contributed by atoms with Gasteiger partial charge in [0.05, 0.1) is 23.6 Å². The van der Waals surface area contributed by atoms with Crippen LogP contribution in [-0.2, 0) is 11.3 Å². The summed E-state index contributed by atoms with van der Waals surface area (Å²) in [6, 6.07) is 10.5. The van der Waals surface area contributed by atoms with Crippen molar-refractivity contribution in [3.05, 3.63) is 62.6 Å². The molecule has 1 aromatic heterocycles. The summed E-state index contributed by atoms with van der Waals surface area (Å²) >= 11 is 5.41. The molecule has 0 bridgehead atoms. The van der Waals surface area contributed by atoms with Crippen LogP contribution in [0.3, 0.4) is 0 Å². The van der Waals surface area contributed by atoms with Gasteiger partial charge in [0.2, 0.25) is 6.79 Å². The smallest absolute Gasteiger partial charge is 0.262 e. The fourth-order valence-electron chi connectivity index (χ4n) is 3.84. The van der Waals surface area contributed by atoms with Gasteiger partial charge in [0.15, 0.2) is 16.3 Å². The second kappa shape index (κ2) is 8.16. The lowest BCUT2D eigenvalue weighted by molar-refractivity contribution is 0.0858. The Kier molecular flexibility index (Phi) is 5.21. The van der Waals surface area contributed by atoms with Crippen LogP contribution in [0.15, 0.2) is 41.2 Å². The number of ether oxygens (including phenoxy) is 3. The predicted molar refractivity (Wildman–Crippen MR) is 116 cm³/mol. The second-order valence-electron chi connectivity index (χ2n) is 7.61. The number of hydrogen-bond donors (Lipinski definition) is 2. The number of aromatic nitrogens is 2. The summed E-state index contributed by atoms with van der Waals surface area (Å²) in [5, 5.41) is 3.38. The Balaban J connectivity index is 1.34. The number of amides is 1. The summed E-state index contributed by atoms with van der Waals surface area (Å²) < 4.78 is 18.1. The highest BCUT2D eigenvalue weighted by molar-refractivity contribution is 7.71. The van der Waals surface area contributed by atoms with E-state index in [9.17, 15) is 9.59 Å². The molecule has 3 aromatic rings. The summed E-state index contributed by atoms with van der Waals surface area (Å²) in [5.74, 6) is 0.988. The van der Waals surface area contributed by atoms with Crippen molar-refractivity contribution in [1.29, 1.82) is 0 Å². The van der Waals surface area contributed by atoms with Crippen LogP contribution in [0, 0.1) is 4.77 Å². The van der Waals surface area contributed by atoms with E-state index >= 15 is 0 Å². The lowest BCUT2D eigenvalue weighted by Crippen LogP contribution is -2.31. The van der Waals surface area contributed by atoms with Gasteiger partial charge >= 0.3 is 0 Å². The monoisotopic (exact) mass is 439 g/mol. The van der Waals surface area contributed by atoms with Crippen molar-refractivity contribution >= 4 is 29.0 Å². The maximum absolute atomic E-state index is 13.0. The first-order chi connectivity index (χ1) is 15.1. The largest absolute Gasteiger partial charge is 0.454 e. The Morgan fingerprint density at radius 3 is 2.71 bits per heavy atom. The van der Waals surface area contributed by atoms with Crippen LogP contribution in [0.1, 0.15) is 28.8 Å². The zero-order valence-corrected chi connectivity index (χ0v) is 17.5. The van der Waals surface area contributed by atoms with E-state index in [-0.39, 0.29) is 30.9 Å². The normalized spacial score (nSPS) is 17.2. The number of rotatable bonds is 5. The van der Waals surface area contributed by atoms with E-state index in [1.54, 1.807) is 24.3 Å². The molecule has 9 heteroatoms. The number of hydrogen-bond acceptors (Lipinski definition) is 6. The van der Waals surface area contributed by atoms with Gasteiger partial charge in [0.1, 0.15) is 0 Å². The fraction of sp³-hybridized carbons (Fsp3) is 0.318. The topological polar surface area (TPSA) is 94.6 Å². The van der Waals surface area contributed by atoms with Gasteiger partial charge < -0.3 is 24.5 Å². The second-order valence-corrected chi connectivity index (χ2v) is 8.00. The molecule has 0 aliphatic carbocycles. The van der Waals surface area contributed by atoms with Crippen LogP contribution < -0.4 is 20.3 Å². The minimum absolute atomic E-state index is 0.0999. The first kappa shape index (κ1) is 19.8. The number of carbonyl (C=O) groups is 1. The summed E-state index contributed by atoms with van der Waals surface area (Å²) in [4.78, 5) is 28.5. The molecule has 1 saturated heterocycles. The lowest BCUT2D eigenvalue weighted by atomic mass is 10.1. The van der Waals surface area contributed by atoms with Crippen LogP contribution in [0.4, 0.5) is 0 Å². The van der Waals surface area contributed by atoms with E-state index in [2.05, 4.69) is 10.3 Å². The molecule has 160 valence electrons. The molecule has 1 amide bonds. The van der Waals surface area contributed by atoms with Gasteiger partial charge in [-0.3, -0.25) is 14.2 Å². The third-order valence-electron chi connectivity index (χ3n) is 5.55. The first-order valence-electron chi connectivity index (χ1n) is 10.1. The predicted octanol–water partition coefficient (Wildman–Crippen LogP) is 2.74. The molecule has 2 aliphatic heterocycles. The van der Waals surface area contributed by atoms with Crippen molar-refractivity contribution in [3.63, 3.8) is 0 Å². The molecule has 2 aliphatic rings. The number of fused-ring (bicyclic) bond motifs is 2. The van der Waals surface area contributed by atoms with E-state index in [0.29, 0.717) is 39.3 Å². The SMILES string of the molecule is O=C(NC[C@@H]1CCCO1)c1ccc(Cn2c(=S)[nH]c3cc4c(cc3c2=O)OCO4)cc1. The van der Waals surface area contributed by atoms with E-state index in [1.807, 2.05) is 12.1 Å². The summed E-state index contributed by atoms with van der Waals surface area (Å²) in [7, 11) is 0. The molecule has 2 aromatic carbocycles. The Bertz CT molecular complexity index is 1260. The zero-order chi connectivity index (χ0) is 21.4. The molecule has 1 atom stereocenters. The number of H-pyrrole nitrogens is 1. The van der Waals surface area contributed by atoms with Crippen LogP contribution in [0.2, 0.25) is 0 Å². The van der Waals surface area contributed by atoms with Crippen LogP contribution >= 0.6 is 12.2 Å². The van der Waals surface area contributed by atoms with Gasteiger partial charge in [-0.05, 0) is 48.8 Å². The summed E-state index contributed by atoms with van der Waals surface area (Å²) in [6.07, 6.45) is 2.11. The standard InChI is InChI=1S/C22H21N3O5S/c26-20(23-10-15-2-1-7-28-15)14-5-3-13(4-6-14)11-25-21(27)16-8-18-19(30-12-29-18)9-17(16)24-22(25)31/h3-6,8-9,15H,1-2,7,10-12H2,(H,23,26)(H,24,31)/t15-/m0/s1. The Morgan fingerprint density at radius 1 is 1.19 bits per heavy atom. The average molecular weight is 439 g/mol. The van der Waals surface area contributed by atoms with Crippen molar-refractivity contribution < 1.29 is 19.0 Å². The molecule has 2 N–H and O–H groups in total. The number of nitrogens with one attached hydrogen (secondary N) is 2. The lowest BCUT2D eigenvalue weighted by Gasteiger charge is -2.12. The Labute approximate surface area is 182 Å². The third-order valence-corrected chi connectivity index (χ3v) is 5.87. The van der Waals surface area contributed by atoms with Gasteiger partial charge in [-0.1, -0.05) is 12.1 Å². The third kappa shape index (κ3) is 3.94. The first-order valence-corrected chi connectivity index (χ1v) is 10.5. The van der Waals surface area contributed by atoms with Crippen LogP contribution in [-0.4, -0.2) is 41.5 Å². The van der Waals surface area contributed by atoms with Crippen molar-refractivity contribution in [1.82, 2.24) is 14.9 Å². The molecular weight excluding hydrogens is 418 g/mol. The number of carbonyl (C=O) groups excluding carboxylic acids is 1. The number of benzene rings is 2. The maximum atomic E-state index is 13.0. The molecule has 3 heterocycles. The van der Waals surface area contributed by atoms with Gasteiger partial charge in [-0.2, -0.15) is 0 Å². The summed E-state index contributed by atoms with van der Waals surface area (Å²) in [6.45, 7) is 1.69. The molecule has 1 fully saturated rings. The van der Waals surface area contributed by atoms with E-state index in [4.69, 9.17) is 26.4 Å². The molecule has 5 rings (SSSR count).